The molecule has 1 aromatic carbocycles. The van der Waals surface area contributed by atoms with Crippen molar-refractivity contribution in [2.24, 2.45) is 0 Å². The molecule has 1 amide bonds. The SMILES string of the molecule is CNC1CCCN(C(=O)CCc2nc(-c3ccc(C(C)C)cc3)no2)C1.Cl. The van der Waals surface area contributed by atoms with Crippen molar-refractivity contribution >= 4 is 18.3 Å². The summed E-state index contributed by atoms with van der Waals surface area (Å²) in [5, 5.41) is 7.32. The molecule has 148 valence electrons. The Kier molecular flexibility index (Phi) is 7.80. The minimum Gasteiger partial charge on any atom is -0.341 e. The molecule has 2 aromatic rings. The molecular weight excluding hydrogens is 364 g/mol. The first-order valence-electron chi connectivity index (χ1n) is 9.44. The predicted molar refractivity (Wildman–Crippen MR) is 108 cm³/mol. The number of carbonyl (C=O) groups is 1. The van der Waals surface area contributed by atoms with Gasteiger partial charge in [0.2, 0.25) is 17.6 Å². The zero-order valence-electron chi connectivity index (χ0n) is 16.3. The highest BCUT2D eigenvalue weighted by Gasteiger charge is 2.22. The average Bonchev–Trinajstić information content (AvgIpc) is 3.15. The van der Waals surface area contributed by atoms with Crippen molar-refractivity contribution in [1.82, 2.24) is 20.4 Å². The molecule has 2 heterocycles. The van der Waals surface area contributed by atoms with E-state index >= 15 is 0 Å². The van der Waals surface area contributed by atoms with Gasteiger partial charge in [-0.05, 0) is 31.4 Å². The minimum atomic E-state index is 0. The molecule has 1 N–H and O–H groups in total. The number of carbonyl (C=O) groups excluding carboxylic acids is 1. The Morgan fingerprint density at radius 3 is 2.74 bits per heavy atom. The number of nitrogens with zero attached hydrogens (tertiary/aromatic N) is 3. The van der Waals surface area contributed by atoms with Crippen LogP contribution < -0.4 is 5.32 Å². The van der Waals surface area contributed by atoms with Gasteiger partial charge in [0.25, 0.3) is 0 Å². The molecule has 0 aliphatic carbocycles. The highest BCUT2D eigenvalue weighted by Crippen LogP contribution is 2.21. The van der Waals surface area contributed by atoms with E-state index in [1.807, 2.05) is 24.1 Å². The molecular formula is C20H29ClN4O2. The molecule has 6 nitrogen and oxygen atoms in total. The molecule has 1 atom stereocenters. The van der Waals surface area contributed by atoms with Crippen molar-refractivity contribution < 1.29 is 9.32 Å². The lowest BCUT2D eigenvalue weighted by Crippen LogP contribution is -2.47. The van der Waals surface area contributed by atoms with Gasteiger partial charge in [0, 0.05) is 37.5 Å². The van der Waals surface area contributed by atoms with Gasteiger partial charge in [0.1, 0.15) is 0 Å². The largest absolute Gasteiger partial charge is 0.341 e. The van der Waals surface area contributed by atoms with E-state index in [0.717, 1.165) is 31.5 Å². The second kappa shape index (κ2) is 9.85. The second-order valence-electron chi connectivity index (χ2n) is 7.26. The minimum absolute atomic E-state index is 0. The van der Waals surface area contributed by atoms with Crippen LogP contribution in [0.2, 0.25) is 0 Å². The lowest BCUT2D eigenvalue weighted by atomic mass is 10.0. The van der Waals surface area contributed by atoms with Crippen LogP contribution in [0.5, 0.6) is 0 Å². The number of hydrogen-bond donors (Lipinski definition) is 1. The highest BCUT2D eigenvalue weighted by molar-refractivity contribution is 5.85. The van der Waals surface area contributed by atoms with Crippen LogP contribution in [0.3, 0.4) is 0 Å². The lowest BCUT2D eigenvalue weighted by Gasteiger charge is -2.32. The quantitative estimate of drug-likeness (QED) is 0.815. The van der Waals surface area contributed by atoms with E-state index in [9.17, 15) is 4.79 Å². The number of amides is 1. The van der Waals surface area contributed by atoms with Gasteiger partial charge in [-0.15, -0.1) is 12.4 Å². The third-order valence-electron chi connectivity index (χ3n) is 5.04. The molecule has 27 heavy (non-hydrogen) atoms. The Hall–Kier alpha value is -1.92. The van der Waals surface area contributed by atoms with E-state index in [1.54, 1.807) is 0 Å². The normalized spacial score (nSPS) is 17.0. The molecule has 7 heteroatoms. The summed E-state index contributed by atoms with van der Waals surface area (Å²) >= 11 is 0. The first-order valence-corrected chi connectivity index (χ1v) is 9.44. The van der Waals surface area contributed by atoms with Gasteiger partial charge < -0.3 is 14.7 Å². The summed E-state index contributed by atoms with van der Waals surface area (Å²) in [4.78, 5) is 18.8. The second-order valence-corrected chi connectivity index (χ2v) is 7.26. The zero-order valence-corrected chi connectivity index (χ0v) is 17.1. The molecule has 1 unspecified atom stereocenters. The van der Waals surface area contributed by atoms with Crippen molar-refractivity contribution in [3.8, 4) is 11.4 Å². The number of aryl methyl sites for hydroxylation is 1. The van der Waals surface area contributed by atoms with Gasteiger partial charge in [-0.2, -0.15) is 4.98 Å². The van der Waals surface area contributed by atoms with Crippen LogP contribution in [-0.4, -0.2) is 47.1 Å². The third kappa shape index (κ3) is 5.53. The van der Waals surface area contributed by atoms with Gasteiger partial charge in [-0.1, -0.05) is 43.3 Å². The summed E-state index contributed by atoms with van der Waals surface area (Å²) in [6.07, 6.45) is 3.07. The molecule has 1 aliphatic rings. The van der Waals surface area contributed by atoms with Crippen LogP contribution in [0.4, 0.5) is 0 Å². The summed E-state index contributed by atoms with van der Waals surface area (Å²) in [6, 6.07) is 8.61. The van der Waals surface area contributed by atoms with E-state index in [4.69, 9.17) is 4.52 Å². The molecule has 0 saturated carbocycles. The van der Waals surface area contributed by atoms with Crippen molar-refractivity contribution in [2.75, 3.05) is 20.1 Å². The van der Waals surface area contributed by atoms with Crippen LogP contribution in [0, 0.1) is 0 Å². The van der Waals surface area contributed by atoms with Gasteiger partial charge >= 0.3 is 0 Å². The number of aromatic nitrogens is 2. The van der Waals surface area contributed by atoms with Crippen LogP contribution >= 0.6 is 12.4 Å². The maximum absolute atomic E-state index is 12.4. The summed E-state index contributed by atoms with van der Waals surface area (Å²) in [6.45, 7) is 5.96. The summed E-state index contributed by atoms with van der Waals surface area (Å²) in [5.41, 5.74) is 2.22. The van der Waals surface area contributed by atoms with Gasteiger partial charge in [0.15, 0.2) is 0 Å². The first-order chi connectivity index (χ1) is 12.6. The van der Waals surface area contributed by atoms with Crippen molar-refractivity contribution in [3.63, 3.8) is 0 Å². The first kappa shape index (κ1) is 21.4. The van der Waals surface area contributed by atoms with Crippen molar-refractivity contribution in [3.05, 3.63) is 35.7 Å². The van der Waals surface area contributed by atoms with E-state index in [2.05, 4.69) is 41.4 Å². The molecule has 0 radical (unpaired) electrons. The van der Waals surface area contributed by atoms with E-state index in [0.29, 0.717) is 36.5 Å². The fourth-order valence-corrected chi connectivity index (χ4v) is 3.30. The molecule has 1 aliphatic heterocycles. The van der Waals surface area contributed by atoms with E-state index < -0.39 is 0 Å². The molecule has 0 bridgehead atoms. The number of benzene rings is 1. The fraction of sp³-hybridized carbons (Fsp3) is 0.550. The van der Waals surface area contributed by atoms with Crippen molar-refractivity contribution in [2.45, 2.75) is 51.5 Å². The summed E-state index contributed by atoms with van der Waals surface area (Å²) in [7, 11) is 1.95. The third-order valence-corrected chi connectivity index (χ3v) is 5.04. The summed E-state index contributed by atoms with van der Waals surface area (Å²) < 4.78 is 5.33. The maximum Gasteiger partial charge on any atom is 0.227 e. The smallest absolute Gasteiger partial charge is 0.227 e. The lowest BCUT2D eigenvalue weighted by molar-refractivity contribution is -0.132. The van der Waals surface area contributed by atoms with Crippen LogP contribution in [0.15, 0.2) is 28.8 Å². The number of likely N-dealkylation sites (N-methyl/N-ethyl adjacent to an activating group) is 1. The van der Waals surface area contributed by atoms with Gasteiger partial charge in [-0.25, -0.2) is 0 Å². The Morgan fingerprint density at radius 1 is 1.33 bits per heavy atom. The van der Waals surface area contributed by atoms with Crippen LogP contribution in [0.25, 0.3) is 11.4 Å². The molecule has 1 fully saturated rings. The molecule has 1 aromatic heterocycles. The topological polar surface area (TPSA) is 71.3 Å². The predicted octanol–water partition coefficient (Wildman–Crippen LogP) is 3.42. The number of piperidine rings is 1. The highest BCUT2D eigenvalue weighted by atomic mass is 35.5. The Balaban J connectivity index is 0.00000261. The molecule has 0 spiro atoms. The monoisotopic (exact) mass is 392 g/mol. The Bertz CT molecular complexity index is 730. The number of likely N-dealkylation sites (tertiary alicyclic amines) is 1. The van der Waals surface area contributed by atoms with Crippen molar-refractivity contribution in [1.29, 1.82) is 0 Å². The van der Waals surface area contributed by atoms with Crippen LogP contribution in [0.1, 0.15) is 50.5 Å². The molecule has 3 rings (SSSR count). The van der Waals surface area contributed by atoms with E-state index in [1.165, 1.54) is 5.56 Å². The number of halogens is 1. The standard InChI is InChI=1S/C20H28N4O2.ClH/c1-14(2)15-6-8-16(9-7-15)20-22-18(26-23-20)10-11-19(25)24-12-4-5-17(13-24)21-3;/h6-9,14,17,21H,4-5,10-13H2,1-3H3;1H. The number of nitrogens with one attached hydrogen (secondary N) is 1. The number of rotatable bonds is 6. The maximum atomic E-state index is 12.4. The Morgan fingerprint density at radius 2 is 2.07 bits per heavy atom. The zero-order chi connectivity index (χ0) is 18.5. The summed E-state index contributed by atoms with van der Waals surface area (Å²) in [5.74, 6) is 1.75. The Labute approximate surface area is 167 Å². The van der Waals surface area contributed by atoms with E-state index in [-0.39, 0.29) is 18.3 Å². The number of hydrogen-bond acceptors (Lipinski definition) is 5. The van der Waals surface area contributed by atoms with Gasteiger partial charge in [0.05, 0.1) is 0 Å². The van der Waals surface area contributed by atoms with Gasteiger partial charge in [-0.3, -0.25) is 4.79 Å². The molecule has 1 saturated heterocycles. The fourth-order valence-electron chi connectivity index (χ4n) is 3.30. The van der Waals surface area contributed by atoms with Crippen LogP contribution in [-0.2, 0) is 11.2 Å². The average molecular weight is 393 g/mol.